The highest BCUT2D eigenvalue weighted by Gasteiger charge is 2.22. The molecule has 0 unspecified atom stereocenters. The van der Waals surface area contributed by atoms with Crippen LogP contribution in [0.1, 0.15) is 58.5 Å². The van der Waals surface area contributed by atoms with Crippen molar-refractivity contribution < 1.29 is 10.2 Å². The van der Waals surface area contributed by atoms with Crippen molar-refractivity contribution in [3.63, 3.8) is 0 Å². The summed E-state index contributed by atoms with van der Waals surface area (Å²) in [6.45, 7) is 12.8. The zero-order valence-electron chi connectivity index (χ0n) is 13.5. The van der Waals surface area contributed by atoms with Crippen molar-refractivity contribution in [1.29, 1.82) is 0 Å². The lowest BCUT2D eigenvalue weighted by Gasteiger charge is -2.21. The number of pyridine rings is 1. The van der Waals surface area contributed by atoms with E-state index in [1.807, 2.05) is 20.8 Å². The summed E-state index contributed by atoms with van der Waals surface area (Å²) in [6.07, 6.45) is 3.43. The van der Waals surface area contributed by atoms with Crippen molar-refractivity contribution in [2.24, 2.45) is 4.99 Å². The SMILES string of the molecule is CC.CC=N/C(=C\C)c1nc(C)c(C(C)(C)O)cc1O. The lowest BCUT2D eigenvalue weighted by Crippen LogP contribution is -2.18. The maximum atomic E-state index is 10.0. The van der Waals surface area contributed by atoms with Crippen LogP contribution >= 0.6 is 0 Å². The second-order valence-electron chi connectivity index (χ2n) is 4.61. The van der Waals surface area contributed by atoms with Crippen LogP contribution < -0.4 is 0 Å². The van der Waals surface area contributed by atoms with E-state index in [4.69, 9.17) is 0 Å². The van der Waals surface area contributed by atoms with Crippen LogP contribution in [0.2, 0.25) is 0 Å². The molecule has 0 fully saturated rings. The molecule has 0 aliphatic heterocycles. The van der Waals surface area contributed by atoms with E-state index in [0.29, 0.717) is 22.6 Å². The Morgan fingerprint density at radius 3 is 2.25 bits per heavy atom. The van der Waals surface area contributed by atoms with E-state index in [1.54, 1.807) is 46.1 Å². The average Bonchev–Trinajstić information content (AvgIpc) is 2.39. The Balaban J connectivity index is 0.00000172. The summed E-state index contributed by atoms with van der Waals surface area (Å²) in [5.74, 6) is 0.0245. The van der Waals surface area contributed by atoms with Crippen molar-refractivity contribution in [2.45, 2.75) is 54.1 Å². The van der Waals surface area contributed by atoms with Gasteiger partial charge in [0.15, 0.2) is 0 Å². The standard InChI is InChI=1S/C14H20N2O2.C2H6/c1-6-11(15-7-2)13-12(17)8-10(9(3)16-13)14(4,5)18;1-2/h6-8,17-18H,1-5H3;1-2H3/b11-6-,15-7?;. The van der Waals surface area contributed by atoms with E-state index in [1.165, 1.54) is 0 Å². The molecule has 0 aromatic carbocycles. The van der Waals surface area contributed by atoms with Crippen LogP contribution in [0, 0.1) is 6.92 Å². The van der Waals surface area contributed by atoms with Crippen LogP contribution in [0.25, 0.3) is 5.70 Å². The summed E-state index contributed by atoms with van der Waals surface area (Å²) < 4.78 is 0. The Morgan fingerprint density at radius 1 is 1.30 bits per heavy atom. The summed E-state index contributed by atoms with van der Waals surface area (Å²) >= 11 is 0. The highest BCUT2D eigenvalue weighted by molar-refractivity contribution is 5.73. The molecule has 1 heterocycles. The molecule has 20 heavy (non-hydrogen) atoms. The molecular formula is C16H26N2O2. The van der Waals surface area contributed by atoms with Gasteiger partial charge in [0, 0.05) is 17.5 Å². The quantitative estimate of drug-likeness (QED) is 0.826. The molecule has 0 saturated carbocycles. The fourth-order valence-electron chi connectivity index (χ4n) is 1.81. The maximum Gasteiger partial charge on any atom is 0.143 e. The molecule has 4 nitrogen and oxygen atoms in total. The molecule has 0 spiro atoms. The average molecular weight is 278 g/mol. The Labute approximate surface area is 121 Å². The number of hydrogen-bond donors (Lipinski definition) is 2. The van der Waals surface area contributed by atoms with E-state index < -0.39 is 5.60 Å². The minimum absolute atomic E-state index is 0.0245. The number of rotatable bonds is 3. The molecular weight excluding hydrogens is 252 g/mol. The predicted octanol–water partition coefficient (Wildman–Crippen LogP) is 3.80. The van der Waals surface area contributed by atoms with Gasteiger partial charge in [0.05, 0.1) is 11.3 Å². The van der Waals surface area contributed by atoms with Gasteiger partial charge in [0.25, 0.3) is 0 Å². The van der Waals surface area contributed by atoms with Crippen molar-refractivity contribution >= 4 is 11.9 Å². The Kier molecular flexibility index (Phi) is 7.14. The van der Waals surface area contributed by atoms with E-state index in [-0.39, 0.29) is 5.75 Å². The fourth-order valence-corrected chi connectivity index (χ4v) is 1.81. The van der Waals surface area contributed by atoms with Crippen LogP contribution in [-0.4, -0.2) is 21.4 Å². The maximum absolute atomic E-state index is 10.0. The minimum atomic E-state index is -1.03. The molecule has 0 aliphatic rings. The van der Waals surface area contributed by atoms with Crippen molar-refractivity contribution in [3.05, 3.63) is 29.1 Å². The summed E-state index contributed by atoms with van der Waals surface area (Å²) in [5, 5.41) is 20.0. The Hall–Kier alpha value is -1.68. The van der Waals surface area contributed by atoms with Crippen molar-refractivity contribution in [1.82, 2.24) is 4.98 Å². The van der Waals surface area contributed by atoms with E-state index >= 15 is 0 Å². The first-order valence-electron chi connectivity index (χ1n) is 6.90. The summed E-state index contributed by atoms with van der Waals surface area (Å²) in [5.41, 5.74) is 1.30. The number of nitrogens with zero attached hydrogens (tertiary/aromatic N) is 2. The number of hydrogen-bond acceptors (Lipinski definition) is 4. The molecule has 2 N–H and O–H groups in total. The number of aliphatic imine (C=N–C) groups is 1. The van der Waals surface area contributed by atoms with Gasteiger partial charge in [-0.1, -0.05) is 19.9 Å². The molecule has 4 heteroatoms. The van der Waals surface area contributed by atoms with Crippen molar-refractivity contribution in [2.75, 3.05) is 0 Å². The van der Waals surface area contributed by atoms with Gasteiger partial charge < -0.3 is 10.2 Å². The highest BCUT2D eigenvalue weighted by atomic mass is 16.3. The molecule has 0 saturated heterocycles. The first-order chi connectivity index (χ1) is 9.31. The first-order valence-corrected chi connectivity index (χ1v) is 6.90. The topological polar surface area (TPSA) is 65.7 Å². The summed E-state index contributed by atoms with van der Waals surface area (Å²) in [7, 11) is 0. The number of aliphatic hydroxyl groups is 1. The molecule has 0 bridgehead atoms. The lowest BCUT2D eigenvalue weighted by atomic mass is 9.96. The Bertz CT molecular complexity index is 498. The van der Waals surface area contributed by atoms with Gasteiger partial charge in [-0.2, -0.15) is 0 Å². The van der Waals surface area contributed by atoms with E-state index in [9.17, 15) is 10.2 Å². The third-order valence-electron chi connectivity index (χ3n) is 2.64. The van der Waals surface area contributed by atoms with Gasteiger partial charge in [0.2, 0.25) is 0 Å². The number of aryl methyl sites for hydroxylation is 1. The number of aromatic nitrogens is 1. The van der Waals surface area contributed by atoms with Crippen LogP contribution in [0.5, 0.6) is 5.75 Å². The third kappa shape index (κ3) is 4.46. The molecule has 112 valence electrons. The molecule has 1 rings (SSSR count). The largest absolute Gasteiger partial charge is 0.506 e. The van der Waals surface area contributed by atoms with Gasteiger partial charge in [-0.3, -0.25) is 4.99 Å². The van der Waals surface area contributed by atoms with E-state index in [2.05, 4.69) is 9.98 Å². The van der Waals surface area contributed by atoms with Crippen LogP contribution in [0.3, 0.4) is 0 Å². The van der Waals surface area contributed by atoms with Gasteiger partial charge in [-0.25, -0.2) is 4.98 Å². The predicted molar refractivity (Wildman–Crippen MR) is 85.0 cm³/mol. The van der Waals surface area contributed by atoms with Crippen molar-refractivity contribution in [3.8, 4) is 5.75 Å². The number of allylic oxidation sites excluding steroid dienone is 1. The minimum Gasteiger partial charge on any atom is -0.506 e. The zero-order chi connectivity index (χ0) is 15.9. The van der Waals surface area contributed by atoms with Gasteiger partial charge in [-0.05, 0) is 40.7 Å². The second-order valence-corrected chi connectivity index (χ2v) is 4.61. The van der Waals surface area contributed by atoms with Gasteiger partial charge in [-0.15, -0.1) is 0 Å². The molecule has 0 amide bonds. The molecule has 1 aromatic rings. The molecule has 0 radical (unpaired) electrons. The smallest absolute Gasteiger partial charge is 0.143 e. The Morgan fingerprint density at radius 2 is 1.85 bits per heavy atom. The van der Waals surface area contributed by atoms with Crippen LogP contribution in [0.4, 0.5) is 0 Å². The van der Waals surface area contributed by atoms with Crippen LogP contribution in [0.15, 0.2) is 17.1 Å². The lowest BCUT2D eigenvalue weighted by molar-refractivity contribution is 0.0771. The molecule has 1 aromatic heterocycles. The molecule has 0 atom stereocenters. The van der Waals surface area contributed by atoms with Gasteiger partial charge in [0.1, 0.15) is 11.4 Å². The number of aromatic hydroxyl groups is 1. The fraction of sp³-hybridized carbons (Fsp3) is 0.500. The first kappa shape index (κ1) is 18.3. The highest BCUT2D eigenvalue weighted by Crippen LogP contribution is 2.31. The second kappa shape index (κ2) is 7.80. The monoisotopic (exact) mass is 278 g/mol. The van der Waals surface area contributed by atoms with Gasteiger partial charge >= 0.3 is 0 Å². The third-order valence-corrected chi connectivity index (χ3v) is 2.64. The zero-order valence-corrected chi connectivity index (χ0v) is 13.5. The summed E-state index contributed by atoms with van der Waals surface area (Å²) in [4.78, 5) is 8.49. The summed E-state index contributed by atoms with van der Waals surface area (Å²) in [6, 6.07) is 1.55. The van der Waals surface area contributed by atoms with Crippen LogP contribution in [-0.2, 0) is 5.60 Å². The van der Waals surface area contributed by atoms with E-state index in [0.717, 1.165) is 0 Å². The molecule has 0 aliphatic carbocycles. The normalized spacial score (nSPS) is 12.3.